The normalized spacial score (nSPS) is 11.4. The predicted octanol–water partition coefficient (Wildman–Crippen LogP) is 15.2. The van der Waals surface area contributed by atoms with E-state index in [2.05, 4.69) is 195 Å². The van der Waals surface area contributed by atoms with E-state index in [4.69, 9.17) is 4.98 Å². The summed E-state index contributed by atoms with van der Waals surface area (Å²) in [4.78, 5) is 18.6. The van der Waals surface area contributed by atoms with E-state index in [1.54, 1.807) is 0 Å². The summed E-state index contributed by atoms with van der Waals surface area (Å²) in [5, 5.41) is 2.22. The summed E-state index contributed by atoms with van der Waals surface area (Å²) in [6, 6.07) is 73.8. The Morgan fingerprint density at radius 2 is 0.723 bits per heavy atom. The second-order valence-electron chi connectivity index (χ2n) is 16.3. The van der Waals surface area contributed by atoms with E-state index in [1.165, 1.54) is 0 Å². The minimum Gasteiger partial charge on any atom is -0.297 e. The Bertz CT molecular complexity index is 3540. The number of imidazole rings is 1. The summed E-state index contributed by atoms with van der Waals surface area (Å²) in [7, 11) is 0. The van der Waals surface area contributed by atoms with Gasteiger partial charge >= 0.3 is 0 Å². The SMILES string of the molecule is c1ccc(-c2ccc(-c3ccccc3-c3cc(-c4ccccc4-c4ccc(-c5ccccn5)cc4)cc(-c4ccccc4-c4ccc5c(c4)c4cncn4c4cccnc54)c3)cc2)nc1. The Kier molecular flexibility index (Phi) is 9.42. The summed E-state index contributed by atoms with van der Waals surface area (Å²) >= 11 is 0. The lowest BCUT2D eigenvalue weighted by Crippen LogP contribution is -1.93. The summed E-state index contributed by atoms with van der Waals surface area (Å²) in [5.41, 5.74) is 20.9. The van der Waals surface area contributed by atoms with Crippen molar-refractivity contribution in [1.82, 2.24) is 24.3 Å². The molecule has 0 N–H and O–H groups in total. The predicted molar refractivity (Wildman–Crippen MR) is 267 cm³/mol. The summed E-state index contributed by atoms with van der Waals surface area (Å²) in [5.74, 6) is 0. The van der Waals surface area contributed by atoms with Gasteiger partial charge in [0.1, 0.15) is 0 Å². The van der Waals surface area contributed by atoms with Gasteiger partial charge in [-0.3, -0.25) is 19.4 Å². The van der Waals surface area contributed by atoms with Crippen LogP contribution in [0.3, 0.4) is 0 Å². The second kappa shape index (κ2) is 16.2. The van der Waals surface area contributed by atoms with Crippen molar-refractivity contribution in [3.63, 3.8) is 0 Å². The molecule has 0 unspecified atom stereocenters. The molecule has 0 fully saturated rings. The second-order valence-corrected chi connectivity index (χ2v) is 16.3. The third kappa shape index (κ3) is 6.93. The van der Waals surface area contributed by atoms with Gasteiger partial charge in [0.15, 0.2) is 0 Å². The molecule has 0 saturated carbocycles. The van der Waals surface area contributed by atoms with Gasteiger partial charge in [0.2, 0.25) is 0 Å². The molecule has 0 bridgehead atoms. The van der Waals surface area contributed by atoms with E-state index in [1.807, 2.05) is 61.4 Å². The molecule has 0 aliphatic carbocycles. The molecule has 0 aliphatic rings. The third-order valence-corrected chi connectivity index (χ3v) is 12.5. The first-order valence-corrected chi connectivity index (χ1v) is 21.8. The van der Waals surface area contributed by atoms with Crippen molar-refractivity contribution in [2.45, 2.75) is 0 Å². The van der Waals surface area contributed by atoms with Crippen molar-refractivity contribution in [2.24, 2.45) is 0 Å². The van der Waals surface area contributed by atoms with Crippen LogP contribution in [0, 0.1) is 0 Å². The minimum atomic E-state index is 0.958. The van der Waals surface area contributed by atoms with Crippen molar-refractivity contribution in [3.8, 4) is 89.3 Å². The van der Waals surface area contributed by atoms with E-state index < -0.39 is 0 Å². The molecular weight excluding hydrogens is 791 g/mol. The molecule has 5 heteroatoms. The van der Waals surface area contributed by atoms with Crippen LogP contribution in [0.15, 0.2) is 237 Å². The Labute approximate surface area is 376 Å². The number of rotatable bonds is 8. The molecule has 7 aromatic carbocycles. The molecule has 65 heavy (non-hydrogen) atoms. The Morgan fingerprint density at radius 3 is 1.22 bits per heavy atom. The van der Waals surface area contributed by atoms with Crippen LogP contribution >= 0.6 is 0 Å². The fourth-order valence-corrected chi connectivity index (χ4v) is 9.38. The molecule has 12 rings (SSSR count). The Morgan fingerprint density at radius 1 is 0.292 bits per heavy atom. The van der Waals surface area contributed by atoms with E-state index >= 15 is 0 Å². The highest BCUT2D eigenvalue weighted by molar-refractivity contribution is 6.12. The Balaban J connectivity index is 1.04. The van der Waals surface area contributed by atoms with Gasteiger partial charge in [-0.1, -0.05) is 146 Å². The quantitative estimate of drug-likeness (QED) is 0.143. The van der Waals surface area contributed by atoms with Gasteiger partial charge in [0.05, 0.1) is 40.5 Å². The Hall–Kier alpha value is -8.80. The van der Waals surface area contributed by atoms with Crippen LogP contribution in [0.1, 0.15) is 0 Å². The zero-order valence-electron chi connectivity index (χ0n) is 35.3. The minimum absolute atomic E-state index is 0.958. The smallest absolute Gasteiger partial charge is 0.0997 e. The van der Waals surface area contributed by atoms with E-state index in [0.717, 1.165) is 117 Å². The molecule has 0 amide bonds. The van der Waals surface area contributed by atoms with Crippen molar-refractivity contribution in [2.75, 3.05) is 0 Å². The van der Waals surface area contributed by atoms with Gasteiger partial charge in [0.25, 0.3) is 0 Å². The lowest BCUT2D eigenvalue weighted by molar-refractivity contribution is 1.20. The van der Waals surface area contributed by atoms with Crippen LogP contribution in [0.2, 0.25) is 0 Å². The van der Waals surface area contributed by atoms with Crippen molar-refractivity contribution >= 4 is 27.3 Å². The molecule has 0 atom stereocenters. The van der Waals surface area contributed by atoms with Crippen molar-refractivity contribution in [3.05, 3.63) is 237 Å². The molecule has 12 aromatic rings. The summed E-state index contributed by atoms with van der Waals surface area (Å²) in [6.07, 6.45) is 9.38. The topological polar surface area (TPSA) is 56.0 Å². The first-order valence-electron chi connectivity index (χ1n) is 21.8. The van der Waals surface area contributed by atoms with Crippen molar-refractivity contribution < 1.29 is 0 Å². The largest absolute Gasteiger partial charge is 0.297 e. The third-order valence-electron chi connectivity index (χ3n) is 12.5. The van der Waals surface area contributed by atoms with Crippen LogP contribution in [-0.2, 0) is 0 Å². The number of fused-ring (bicyclic) bond motifs is 6. The monoisotopic (exact) mass is 829 g/mol. The van der Waals surface area contributed by atoms with E-state index in [0.29, 0.717) is 0 Å². The number of hydrogen-bond donors (Lipinski definition) is 0. The summed E-state index contributed by atoms with van der Waals surface area (Å²) < 4.78 is 2.14. The van der Waals surface area contributed by atoms with Crippen LogP contribution in [-0.4, -0.2) is 24.3 Å². The van der Waals surface area contributed by atoms with E-state index in [-0.39, 0.29) is 0 Å². The number of nitrogens with zero attached hydrogens (tertiary/aromatic N) is 5. The molecule has 0 aliphatic heterocycles. The zero-order valence-corrected chi connectivity index (χ0v) is 35.3. The molecule has 5 aromatic heterocycles. The maximum absolute atomic E-state index is 4.82. The van der Waals surface area contributed by atoms with Crippen LogP contribution in [0.4, 0.5) is 0 Å². The fourth-order valence-electron chi connectivity index (χ4n) is 9.38. The molecule has 5 heterocycles. The highest BCUT2D eigenvalue weighted by atomic mass is 15.0. The number of hydrogen-bond acceptors (Lipinski definition) is 4. The van der Waals surface area contributed by atoms with Gasteiger partial charge in [-0.25, -0.2) is 4.98 Å². The fraction of sp³-hybridized carbons (Fsp3) is 0. The molecule has 0 saturated heterocycles. The lowest BCUT2D eigenvalue weighted by Gasteiger charge is -2.18. The van der Waals surface area contributed by atoms with Gasteiger partial charge in [0, 0.05) is 40.5 Å². The molecular formula is C60H39N5. The highest BCUT2D eigenvalue weighted by Gasteiger charge is 2.18. The maximum atomic E-state index is 4.82. The summed E-state index contributed by atoms with van der Waals surface area (Å²) in [6.45, 7) is 0. The average molecular weight is 830 g/mol. The number of benzene rings is 7. The van der Waals surface area contributed by atoms with Gasteiger partial charge in [-0.2, -0.15) is 0 Å². The molecule has 5 nitrogen and oxygen atoms in total. The molecule has 304 valence electrons. The average Bonchev–Trinajstić information content (AvgIpc) is 3.90. The van der Waals surface area contributed by atoms with Crippen LogP contribution in [0.5, 0.6) is 0 Å². The lowest BCUT2D eigenvalue weighted by atomic mass is 9.86. The van der Waals surface area contributed by atoms with Crippen LogP contribution in [0.25, 0.3) is 117 Å². The highest BCUT2D eigenvalue weighted by Crippen LogP contribution is 2.43. The molecule has 0 radical (unpaired) electrons. The van der Waals surface area contributed by atoms with Gasteiger partial charge in [-0.15, -0.1) is 0 Å². The standard InChI is InChI=1S/C60H39N5/c1-4-15-51(48(12-1)40-21-25-42(26-22-40)56-18-7-9-31-62-56)45-34-46(52-16-5-2-13-49(52)41-23-27-43(28-24-41)57-19-8-10-32-63-57)36-47(35-45)53-17-6-3-14-50(53)44-29-30-54-55(37-44)59-38-61-39-65(59)58-20-11-33-64-60(54)58/h1-39H. The zero-order chi connectivity index (χ0) is 43.1. The van der Waals surface area contributed by atoms with Gasteiger partial charge < -0.3 is 0 Å². The molecule has 0 spiro atoms. The number of pyridine rings is 4. The van der Waals surface area contributed by atoms with Crippen LogP contribution < -0.4 is 0 Å². The van der Waals surface area contributed by atoms with E-state index in [9.17, 15) is 0 Å². The van der Waals surface area contributed by atoms with Gasteiger partial charge in [-0.05, 0) is 127 Å². The number of aromatic nitrogens is 5. The van der Waals surface area contributed by atoms with Crippen molar-refractivity contribution in [1.29, 1.82) is 0 Å². The first-order chi connectivity index (χ1) is 32.2. The first kappa shape index (κ1) is 37.9. The maximum Gasteiger partial charge on any atom is 0.0997 e.